The molecule has 0 fully saturated rings. The van der Waals surface area contributed by atoms with Crippen LogP contribution in [0.1, 0.15) is 23.9 Å². The highest BCUT2D eigenvalue weighted by Crippen LogP contribution is 2.17. The molecule has 122 valence electrons. The Morgan fingerprint density at radius 1 is 1.17 bits per heavy atom. The summed E-state index contributed by atoms with van der Waals surface area (Å²) < 4.78 is 6.13. The molecule has 24 heavy (non-hydrogen) atoms. The standard InChI is InChI=1S/C18H16BrN3O2/c1-2-13-7-9-14(10-8-13)18-21-17(24-22-18)12-23-20-11-15-5-3-4-6-16(15)19/h3-11H,2,12H2,1H3/b20-11-. The number of oxime groups is 1. The van der Waals surface area contributed by atoms with Gasteiger partial charge in [0, 0.05) is 15.6 Å². The zero-order valence-corrected chi connectivity index (χ0v) is 14.7. The molecule has 2 aromatic carbocycles. The molecule has 3 aromatic rings. The first-order valence-electron chi connectivity index (χ1n) is 7.58. The van der Waals surface area contributed by atoms with E-state index in [1.54, 1.807) is 6.21 Å². The number of aryl methyl sites for hydroxylation is 1. The SMILES string of the molecule is CCc1ccc(-c2noc(CO/N=C\c3ccccc3Br)n2)cc1. The smallest absolute Gasteiger partial charge is 0.267 e. The van der Waals surface area contributed by atoms with Crippen LogP contribution < -0.4 is 0 Å². The van der Waals surface area contributed by atoms with Crippen molar-refractivity contribution in [1.29, 1.82) is 0 Å². The molecule has 0 aliphatic carbocycles. The quantitative estimate of drug-likeness (QED) is 0.459. The molecule has 0 N–H and O–H groups in total. The highest BCUT2D eigenvalue weighted by molar-refractivity contribution is 9.10. The lowest BCUT2D eigenvalue weighted by Crippen LogP contribution is -1.89. The Morgan fingerprint density at radius 3 is 2.71 bits per heavy atom. The maximum absolute atomic E-state index is 5.22. The third-order valence-corrected chi connectivity index (χ3v) is 4.17. The van der Waals surface area contributed by atoms with Gasteiger partial charge in [0.05, 0.1) is 6.21 Å². The maximum atomic E-state index is 5.22. The van der Waals surface area contributed by atoms with E-state index >= 15 is 0 Å². The summed E-state index contributed by atoms with van der Waals surface area (Å²) in [5, 5.41) is 7.89. The van der Waals surface area contributed by atoms with Gasteiger partial charge >= 0.3 is 0 Å². The molecular formula is C18H16BrN3O2. The zero-order valence-electron chi connectivity index (χ0n) is 13.1. The van der Waals surface area contributed by atoms with Crippen molar-refractivity contribution in [2.75, 3.05) is 0 Å². The van der Waals surface area contributed by atoms with Crippen LogP contribution in [0.3, 0.4) is 0 Å². The Morgan fingerprint density at radius 2 is 1.96 bits per heavy atom. The molecule has 0 saturated heterocycles. The molecule has 0 aliphatic heterocycles. The van der Waals surface area contributed by atoms with Crippen LogP contribution in [0, 0.1) is 0 Å². The van der Waals surface area contributed by atoms with Gasteiger partial charge in [0.25, 0.3) is 5.89 Å². The van der Waals surface area contributed by atoms with Crippen LogP contribution in [0.25, 0.3) is 11.4 Å². The van der Waals surface area contributed by atoms with Gasteiger partial charge in [-0.15, -0.1) is 0 Å². The third-order valence-electron chi connectivity index (χ3n) is 3.45. The van der Waals surface area contributed by atoms with E-state index in [2.05, 4.69) is 50.3 Å². The first-order valence-corrected chi connectivity index (χ1v) is 8.37. The summed E-state index contributed by atoms with van der Waals surface area (Å²) in [7, 11) is 0. The fraction of sp³-hybridized carbons (Fsp3) is 0.167. The number of rotatable bonds is 6. The van der Waals surface area contributed by atoms with Crippen molar-refractivity contribution in [3.63, 3.8) is 0 Å². The minimum atomic E-state index is 0.126. The maximum Gasteiger partial charge on any atom is 0.267 e. The second kappa shape index (κ2) is 7.88. The van der Waals surface area contributed by atoms with Gasteiger partial charge in [-0.25, -0.2) is 0 Å². The van der Waals surface area contributed by atoms with Crippen LogP contribution in [-0.2, 0) is 17.9 Å². The molecule has 0 spiro atoms. The van der Waals surface area contributed by atoms with Gasteiger partial charge in [0.15, 0.2) is 6.61 Å². The van der Waals surface area contributed by atoms with Crippen molar-refractivity contribution in [1.82, 2.24) is 10.1 Å². The first kappa shape index (κ1) is 16.4. The lowest BCUT2D eigenvalue weighted by atomic mass is 10.1. The molecule has 3 rings (SSSR count). The van der Waals surface area contributed by atoms with Gasteiger partial charge in [0.1, 0.15) is 0 Å². The Labute approximate surface area is 148 Å². The summed E-state index contributed by atoms with van der Waals surface area (Å²) in [4.78, 5) is 9.53. The highest BCUT2D eigenvalue weighted by atomic mass is 79.9. The number of nitrogens with zero attached hydrogens (tertiary/aromatic N) is 3. The second-order valence-electron chi connectivity index (χ2n) is 5.09. The summed E-state index contributed by atoms with van der Waals surface area (Å²) >= 11 is 3.45. The Kier molecular flexibility index (Phi) is 5.38. The van der Waals surface area contributed by atoms with Gasteiger partial charge < -0.3 is 9.36 Å². The summed E-state index contributed by atoms with van der Waals surface area (Å²) in [5.74, 6) is 0.930. The molecule has 0 unspecified atom stereocenters. The number of aromatic nitrogens is 2. The molecule has 0 radical (unpaired) electrons. The zero-order chi connectivity index (χ0) is 16.8. The number of hydrogen-bond acceptors (Lipinski definition) is 5. The van der Waals surface area contributed by atoms with Crippen molar-refractivity contribution in [2.24, 2.45) is 5.16 Å². The van der Waals surface area contributed by atoms with E-state index in [4.69, 9.17) is 9.36 Å². The fourth-order valence-corrected chi connectivity index (χ4v) is 2.47. The summed E-state index contributed by atoms with van der Waals surface area (Å²) in [6.45, 7) is 2.24. The molecule has 0 bridgehead atoms. The molecule has 0 amide bonds. The summed E-state index contributed by atoms with van der Waals surface area (Å²) in [6, 6.07) is 15.8. The average molecular weight is 386 g/mol. The van der Waals surface area contributed by atoms with E-state index in [1.165, 1.54) is 5.56 Å². The molecular weight excluding hydrogens is 370 g/mol. The predicted molar refractivity (Wildman–Crippen MR) is 95.6 cm³/mol. The largest absolute Gasteiger partial charge is 0.386 e. The lowest BCUT2D eigenvalue weighted by molar-refractivity contribution is 0.107. The fourth-order valence-electron chi connectivity index (χ4n) is 2.09. The van der Waals surface area contributed by atoms with E-state index < -0.39 is 0 Å². The van der Waals surface area contributed by atoms with Crippen LogP contribution in [0.15, 0.2) is 62.7 Å². The topological polar surface area (TPSA) is 60.5 Å². The van der Waals surface area contributed by atoms with E-state index in [-0.39, 0.29) is 6.61 Å². The van der Waals surface area contributed by atoms with Gasteiger partial charge in [-0.1, -0.05) is 75.6 Å². The van der Waals surface area contributed by atoms with Gasteiger partial charge in [-0.2, -0.15) is 4.98 Å². The number of benzene rings is 2. The highest BCUT2D eigenvalue weighted by Gasteiger charge is 2.08. The van der Waals surface area contributed by atoms with Crippen LogP contribution in [0.4, 0.5) is 0 Å². The molecule has 0 aliphatic rings. The van der Waals surface area contributed by atoms with Crippen molar-refractivity contribution in [3.8, 4) is 11.4 Å². The van der Waals surface area contributed by atoms with Crippen molar-refractivity contribution in [2.45, 2.75) is 20.0 Å². The van der Waals surface area contributed by atoms with Crippen molar-refractivity contribution < 1.29 is 9.36 Å². The third kappa shape index (κ3) is 4.08. The molecule has 0 saturated carbocycles. The van der Waals surface area contributed by atoms with E-state index in [0.29, 0.717) is 11.7 Å². The van der Waals surface area contributed by atoms with E-state index in [0.717, 1.165) is 22.0 Å². The van der Waals surface area contributed by atoms with Crippen LogP contribution in [0.5, 0.6) is 0 Å². The lowest BCUT2D eigenvalue weighted by Gasteiger charge is -1.97. The molecule has 0 atom stereocenters. The average Bonchev–Trinajstić information content (AvgIpc) is 3.09. The summed E-state index contributed by atoms with van der Waals surface area (Å²) in [5.41, 5.74) is 3.12. The van der Waals surface area contributed by atoms with Gasteiger partial charge in [-0.05, 0) is 18.1 Å². The molecule has 1 heterocycles. The Hall–Kier alpha value is -2.47. The first-order chi connectivity index (χ1) is 11.8. The van der Waals surface area contributed by atoms with Crippen LogP contribution in [0.2, 0.25) is 0 Å². The minimum Gasteiger partial charge on any atom is -0.386 e. The summed E-state index contributed by atoms with van der Waals surface area (Å²) in [6.07, 6.45) is 2.63. The molecule has 5 nitrogen and oxygen atoms in total. The van der Waals surface area contributed by atoms with Crippen molar-refractivity contribution in [3.05, 3.63) is 70.0 Å². The molecule has 1 aromatic heterocycles. The predicted octanol–water partition coefficient (Wildman–Crippen LogP) is 4.61. The Bertz CT molecular complexity index is 828. The molecule has 6 heteroatoms. The van der Waals surface area contributed by atoms with Gasteiger partial charge in [0.2, 0.25) is 5.82 Å². The van der Waals surface area contributed by atoms with E-state index in [9.17, 15) is 0 Å². The number of hydrogen-bond donors (Lipinski definition) is 0. The van der Waals surface area contributed by atoms with Gasteiger partial charge in [-0.3, -0.25) is 0 Å². The Balaban J connectivity index is 1.59. The second-order valence-corrected chi connectivity index (χ2v) is 5.95. The van der Waals surface area contributed by atoms with Crippen molar-refractivity contribution >= 4 is 22.1 Å². The normalized spacial score (nSPS) is 11.1. The minimum absolute atomic E-state index is 0.126. The van der Waals surface area contributed by atoms with E-state index in [1.807, 2.05) is 36.4 Å². The van der Waals surface area contributed by atoms with Crippen LogP contribution >= 0.6 is 15.9 Å². The monoisotopic (exact) mass is 385 g/mol. The number of halogens is 1. The van der Waals surface area contributed by atoms with Crippen LogP contribution in [-0.4, -0.2) is 16.4 Å².